The van der Waals surface area contributed by atoms with Gasteiger partial charge < -0.3 is 18.9 Å². The zero-order valence-corrected chi connectivity index (χ0v) is 11.2. The Labute approximate surface area is 116 Å². The molecule has 110 valence electrons. The van der Waals surface area contributed by atoms with E-state index in [4.69, 9.17) is 18.9 Å². The molecule has 2 heterocycles. The lowest BCUT2D eigenvalue weighted by Crippen LogP contribution is -2.57. The van der Waals surface area contributed by atoms with Crippen molar-refractivity contribution in [2.75, 3.05) is 13.2 Å². The zero-order valence-electron chi connectivity index (χ0n) is 11.2. The lowest BCUT2D eigenvalue weighted by atomic mass is 9.67. The Morgan fingerprint density at radius 3 is 1.55 bits per heavy atom. The van der Waals surface area contributed by atoms with Gasteiger partial charge in [0.2, 0.25) is 0 Å². The van der Waals surface area contributed by atoms with Crippen molar-refractivity contribution in [3.05, 3.63) is 0 Å². The van der Waals surface area contributed by atoms with Gasteiger partial charge in [-0.15, -0.1) is 0 Å². The predicted molar refractivity (Wildman–Crippen MR) is 64.7 cm³/mol. The molecule has 2 aliphatic heterocycles. The average Bonchev–Trinajstić information content (AvgIpc) is 3.35. The van der Waals surface area contributed by atoms with Gasteiger partial charge in [-0.1, -0.05) is 12.8 Å². The highest BCUT2D eigenvalue weighted by atomic mass is 16.8. The molecule has 4 rings (SSSR count). The smallest absolute Gasteiger partial charge is 0.182 e. The Bertz CT molecular complexity index is 387. The second-order valence-corrected chi connectivity index (χ2v) is 5.94. The molecule has 6 unspecified atom stereocenters. The van der Waals surface area contributed by atoms with Crippen LogP contribution in [0.1, 0.15) is 25.7 Å². The molecule has 0 spiro atoms. The van der Waals surface area contributed by atoms with Gasteiger partial charge in [-0.05, 0) is 12.8 Å². The maximum atomic E-state index is 12.6. The van der Waals surface area contributed by atoms with Gasteiger partial charge in [-0.2, -0.15) is 0 Å². The lowest BCUT2D eigenvalue weighted by Gasteiger charge is -2.40. The molecule has 2 aliphatic carbocycles. The number of carbonyl (C=O) groups is 2. The van der Waals surface area contributed by atoms with Crippen LogP contribution in [0.15, 0.2) is 0 Å². The topological polar surface area (TPSA) is 77.7 Å². The third kappa shape index (κ3) is 2.30. The second kappa shape index (κ2) is 4.87. The molecule has 2 saturated heterocycles. The van der Waals surface area contributed by atoms with Gasteiger partial charge in [0, 0.05) is 11.8 Å². The van der Waals surface area contributed by atoms with Gasteiger partial charge in [0.05, 0.1) is 0 Å². The Morgan fingerprint density at radius 1 is 0.800 bits per heavy atom. The van der Waals surface area contributed by atoms with E-state index in [0.29, 0.717) is 13.2 Å². The van der Waals surface area contributed by atoms with Crippen LogP contribution in [0.4, 0.5) is 0 Å². The standard InChI is InChI=1S/C14H18O6/c15-11-7-3-1-2-4-8(7)12(16)14(20-10-6-18-10)13(11)19-9-5-17-9/h7-10,13-14H,1-6H2. The van der Waals surface area contributed by atoms with Crippen LogP contribution < -0.4 is 0 Å². The van der Waals surface area contributed by atoms with Crippen LogP contribution in [0.5, 0.6) is 0 Å². The van der Waals surface area contributed by atoms with Crippen LogP contribution in [-0.4, -0.2) is 49.6 Å². The van der Waals surface area contributed by atoms with E-state index in [1.807, 2.05) is 0 Å². The van der Waals surface area contributed by atoms with Gasteiger partial charge in [0.25, 0.3) is 0 Å². The van der Waals surface area contributed by atoms with Crippen molar-refractivity contribution in [2.45, 2.75) is 50.5 Å². The summed E-state index contributed by atoms with van der Waals surface area (Å²) >= 11 is 0. The fourth-order valence-electron chi connectivity index (χ4n) is 3.37. The molecule has 0 aromatic carbocycles. The quantitative estimate of drug-likeness (QED) is 0.696. The largest absolute Gasteiger partial charge is 0.345 e. The van der Waals surface area contributed by atoms with Crippen molar-refractivity contribution in [3.8, 4) is 0 Å². The van der Waals surface area contributed by atoms with Gasteiger partial charge in [-0.3, -0.25) is 9.59 Å². The first-order valence-electron chi connectivity index (χ1n) is 7.35. The minimum Gasteiger partial charge on any atom is -0.345 e. The van der Waals surface area contributed by atoms with Crippen molar-refractivity contribution >= 4 is 11.6 Å². The van der Waals surface area contributed by atoms with E-state index in [2.05, 4.69) is 0 Å². The van der Waals surface area contributed by atoms with E-state index in [1.54, 1.807) is 0 Å². The Morgan fingerprint density at radius 2 is 1.20 bits per heavy atom. The van der Waals surface area contributed by atoms with Crippen molar-refractivity contribution in [1.82, 2.24) is 0 Å². The van der Waals surface area contributed by atoms with Gasteiger partial charge in [-0.25, -0.2) is 0 Å². The SMILES string of the molecule is O=C1C2CCCCC2C(=O)C(OC2CO2)C1OC1CO1. The second-order valence-electron chi connectivity index (χ2n) is 5.94. The third-order valence-corrected chi connectivity index (χ3v) is 4.53. The minimum absolute atomic E-state index is 0.00968. The normalized spacial score (nSPS) is 47.0. The summed E-state index contributed by atoms with van der Waals surface area (Å²) in [7, 11) is 0. The van der Waals surface area contributed by atoms with Crippen LogP contribution in [0.3, 0.4) is 0 Å². The van der Waals surface area contributed by atoms with E-state index >= 15 is 0 Å². The number of ketones is 2. The summed E-state index contributed by atoms with van der Waals surface area (Å²) in [4.78, 5) is 25.3. The van der Waals surface area contributed by atoms with Crippen LogP contribution in [-0.2, 0) is 28.5 Å². The number of hydrogen-bond donors (Lipinski definition) is 0. The number of hydrogen-bond acceptors (Lipinski definition) is 6. The molecule has 6 atom stereocenters. The van der Waals surface area contributed by atoms with E-state index in [9.17, 15) is 9.59 Å². The van der Waals surface area contributed by atoms with E-state index in [-0.39, 0.29) is 36.0 Å². The fourth-order valence-corrected chi connectivity index (χ4v) is 3.37. The Hall–Kier alpha value is -0.820. The van der Waals surface area contributed by atoms with Crippen molar-refractivity contribution in [3.63, 3.8) is 0 Å². The number of fused-ring (bicyclic) bond motifs is 1. The molecule has 0 amide bonds. The summed E-state index contributed by atoms with van der Waals surface area (Å²) in [6, 6.07) is 0. The summed E-state index contributed by atoms with van der Waals surface area (Å²) in [6.45, 7) is 0.970. The highest BCUT2D eigenvalue weighted by Crippen LogP contribution is 2.40. The highest BCUT2D eigenvalue weighted by molar-refractivity contribution is 6.02. The maximum absolute atomic E-state index is 12.6. The Kier molecular flexibility index (Phi) is 3.14. The van der Waals surface area contributed by atoms with E-state index in [0.717, 1.165) is 25.7 Å². The molecule has 4 fully saturated rings. The molecule has 0 N–H and O–H groups in total. The van der Waals surface area contributed by atoms with Gasteiger partial charge in [0.1, 0.15) is 13.2 Å². The molecule has 0 bridgehead atoms. The average molecular weight is 282 g/mol. The zero-order chi connectivity index (χ0) is 13.7. The molecule has 6 heteroatoms. The molecular formula is C14H18O6. The van der Waals surface area contributed by atoms with E-state index < -0.39 is 12.2 Å². The van der Waals surface area contributed by atoms with Crippen molar-refractivity contribution in [2.24, 2.45) is 11.8 Å². The van der Waals surface area contributed by atoms with Crippen LogP contribution in [0.25, 0.3) is 0 Å². The lowest BCUT2D eigenvalue weighted by molar-refractivity contribution is -0.181. The molecule has 4 aliphatic rings. The predicted octanol–water partition coefficient (Wildman–Crippen LogP) is 0.428. The van der Waals surface area contributed by atoms with E-state index in [1.165, 1.54) is 0 Å². The van der Waals surface area contributed by atoms with Crippen LogP contribution in [0.2, 0.25) is 0 Å². The first-order valence-corrected chi connectivity index (χ1v) is 7.35. The summed E-state index contributed by atoms with van der Waals surface area (Å²) in [5.74, 6) is -0.370. The molecule has 0 aromatic heterocycles. The molecule has 2 saturated carbocycles. The molecular weight excluding hydrogens is 264 g/mol. The first kappa shape index (κ1) is 12.9. The van der Waals surface area contributed by atoms with Crippen molar-refractivity contribution in [1.29, 1.82) is 0 Å². The molecule has 0 aromatic rings. The molecule has 20 heavy (non-hydrogen) atoms. The summed E-state index contributed by atoms with van der Waals surface area (Å²) < 4.78 is 21.3. The van der Waals surface area contributed by atoms with Gasteiger partial charge in [0.15, 0.2) is 36.4 Å². The first-order chi connectivity index (χ1) is 9.74. The number of rotatable bonds is 4. The summed E-state index contributed by atoms with van der Waals surface area (Å²) in [5, 5.41) is 0. The number of carbonyl (C=O) groups excluding carboxylic acids is 2. The maximum Gasteiger partial charge on any atom is 0.182 e. The number of Topliss-reactive ketones (excluding diaryl/α,β-unsaturated/α-hetero) is 2. The third-order valence-electron chi connectivity index (χ3n) is 4.53. The minimum atomic E-state index is -0.821. The summed E-state index contributed by atoms with van der Waals surface area (Å²) in [5.41, 5.74) is 0. The van der Waals surface area contributed by atoms with Crippen molar-refractivity contribution < 1.29 is 28.5 Å². The Balaban J connectivity index is 1.58. The number of ether oxygens (including phenoxy) is 4. The molecule has 0 radical (unpaired) electrons. The summed E-state index contributed by atoms with van der Waals surface area (Å²) in [6.07, 6.45) is 1.22. The molecule has 6 nitrogen and oxygen atoms in total. The van der Waals surface area contributed by atoms with Crippen LogP contribution in [0, 0.1) is 11.8 Å². The monoisotopic (exact) mass is 282 g/mol. The fraction of sp³-hybridized carbons (Fsp3) is 0.857. The number of epoxide rings is 2. The van der Waals surface area contributed by atoms with Crippen LogP contribution >= 0.6 is 0 Å². The van der Waals surface area contributed by atoms with Gasteiger partial charge >= 0.3 is 0 Å². The highest BCUT2D eigenvalue weighted by Gasteiger charge is 2.54.